The number of carbonyl (C=O) groups excluding carboxylic acids is 1. The second-order valence-corrected chi connectivity index (χ2v) is 6.49. The molecular formula is C14H10N4O4S2. The van der Waals surface area contributed by atoms with Crippen LogP contribution in [0, 0.1) is 0 Å². The Hall–Kier alpha value is -2.85. The van der Waals surface area contributed by atoms with Crippen LogP contribution in [0.2, 0.25) is 0 Å². The Morgan fingerprint density at radius 1 is 1.17 bits per heavy atom. The first-order valence-corrected chi connectivity index (χ1v) is 8.49. The van der Waals surface area contributed by atoms with Crippen molar-refractivity contribution >= 4 is 49.7 Å². The second-order valence-electron chi connectivity index (χ2n) is 4.71. The lowest BCUT2D eigenvalue weighted by Gasteiger charge is -2.00. The quantitative estimate of drug-likeness (QED) is 0.484. The van der Waals surface area contributed by atoms with Crippen molar-refractivity contribution in [2.24, 2.45) is 16.0 Å². The van der Waals surface area contributed by atoms with Gasteiger partial charge < -0.3 is 10.8 Å². The van der Waals surface area contributed by atoms with Gasteiger partial charge in [0.05, 0.1) is 21.7 Å². The molecular weight excluding hydrogens is 352 g/mol. The molecule has 0 fully saturated rings. The molecule has 3 aromatic rings. The number of aromatic nitrogens is 1. The van der Waals surface area contributed by atoms with Gasteiger partial charge in [-0.05, 0) is 47.9 Å². The number of nitrogens with two attached hydrogens (primary N) is 1. The molecule has 1 amide bonds. The van der Waals surface area contributed by atoms with E-state index < -0.39 is 16.6 Å². The summed E-state index contributed by atoms with van der Waals surface area (Å²) in [6, 6.07) is 8.60. The highest BCUT2D eigenvalue weighted by Gasteiger charge is 2.10. The number of primary amides is 1. The van der Waals surface area contributed by atoms with Crippen molar-refractivity contribution in [3.63, 3.8) is 0 Å². The predicted molar refractivity (Wildman–Crippen MR) is 89.0 cm³/mol. The van der Waals surface area contributed by atoms with E-state index in [4.69, 9.17) is 5.73 Å². The van der Waals surface area contributed by atoms with Crippen LogP contribution in [0.3, 0.4) is 0 Å². The molecule has 0 bridgehead atoms. The molecule has 3 rings (SSSR count). The van der Waals surface area contributed by atoms with Crippen LogP contribution >= 0.6 is 11.5 Å². The van der Waals surface area contributed by atoms with Crippen molar-refractivity contribution in [1.29, 1.82) is 0 Å². The molecule has 0 saturated heterocycles. The number of hydrogen-bond acceptors (Lipinski definition) is 8. The number of fused-ring (bicyclic) bond motifs is 1. The summed E-state index contributed by atoms with van der Waals surface area (Å²) in [5.41, 5.74) is 6.02. The summed E-state index contributed by atoms with van der Waals surface area (Å²) >= 11 is 1.07. The lowest BCUT2D eigenvalue weighted by atomic mass is 10.2. The lowest BCUT2D eigenvalue weighted by molar-refractivity contribution is 0.0998. The molecule has 0 radical (unpaired) electrons. The lowest BCUT2D eigenvalue weighted by Crippen LogP contribution is -2.10. The summed E-state index contributed by atoms with van der Waals surface area (Å²) in [7, 11) is -2.71. The predicted octanol–water partition coefficient (Wildman–Crippen LogP) is 2.49. The Morgan fingerprint density at radius 3 is 2.67 bits per heavy atom. The van der Waals surface area contributed by atoms with Crippen molar-refractivity contribution in [3.05, 3.63) is 42.0 Å². The van der Waals surface area contributed by atoms with Crippen molar-refractivity contribution in [2.45, 2.75) is 4.90 Å². The number of carbonyl (C=O) groups is 1. The minimum absolute atomic E-state index is 0.0637. The summed E-state index contributed by atoms with van der Waals surface area (Å²) < 4.78 is 26.3. The van der Waals surface area contributed by atoms with Gasteiger partial charge in [-0.15, -0.1) is 10.2 Å². The SMILES string of the molecule is NC(=O)c1cc(/N=N/c2snc3ccc([SH](=O)=O)cc23)ccc1O. The van der Waals surface area contributed by atoms with Gasteiger partial charge in [0.1, 0.15) is 5.75 Å². The zero-order valence-electron chi connectivity index (χ0n) is 11.9. The van der Waals surface area contributed by atoms with Crippen LogP contribution in [0.15, 0.2) is 51.5 Å². The fourth-order valence-corrected chi connectivity index (χ4v) is 3.10. The van der Waals surface area contributed by atoms with Crippen molar-refractivity contribution in [1.82, 2.24) is 4.37 Å². The normalized spacial score (nSPS) is 11.5. The molecule has 10 heteroatoms. The van der Waals surface area contributed by atoms with Gasteiger partial charge in [-0.3, -0.25) is 4.79 Å². The second kappa shape index (κ2) is 6.34. The fraction of sp³-hybridized carbons (Fsp3) is 0. The van der Waals surface area contributed by atoms with Crippen LogP contribution in [-0.4, -0.2) is 23.8 Å². The van der Waals surface area contributed by atoms with E-state index in [-0.39, 0.29) is 16.2 Å². The molecule has 0 saturated carbocycles. The first-order valence-electron chi connectivity index (χ1n) is 6.54. The van der Waals surface area contributed by atoms with Crippen LogP contribution < -0.4 is 5.73 Å². The maximum atomic E-state index is 11.2. The maximum absolute atomic E-state index is 11.2. The van der Waals surface area contributed by atoms with Gasteiger partial charge in [-0.2, -0.15) is 4.37 Å². The average Bonchev–Trinajstić information content (AvgIpc) is 2.96. The highest BCUT2D eigenvalue weighted by molar-refractivity contribution is 7.72. The van der Waals surface area contributed by atoms with E-state index in [1.165, 1.54) is 30.3 Å². The van der Waals surface area contributed by atoms with Crippen molar-refractivity contribution < 1.29 is 18.3 Å². The summed E-state index contributed by atoms with van der Waals surface area (Å²) in [6.45, 7) is 0. The average molecular weight is 362 g/mol. The molecule has 0 unspecified atom stereocenters. The largest absolute Gasteiger partial charge is 0.507 e. The van der Waals surface area contributed by atoms with Crippen molar-refractivity contribution in [3.8, 4) is 5.75 Å². The number of rotatable bonds is 4. The minimum Gasteiger partial charge on any atom is -0.507 e. The van der Waals surface area contributed by atoms with E-state index >= 15 is 0 Å². The number of amides is 1. The zero-order chi connectivity index (χ0) is 17.3. The monoisotopic (exact) mass is 362 g/mol. The van der Waals surface area contributed by atoms with Gasteiger partial charge in [0.25, 0.3) is 5.91 Å². The van der Waals surface area contributed by atoms with E-state index in [0.717, 1.165) is 11.5 Å². The number of nitrogens with zero attached hydrogens (tertiary/aromatic N) is 3. The van der Waals surface area contributed by atoms with Gasteiger partial charge in [0, 0.05) is 5.39 Å². The summed E-state index contributed by atoms with van der Waals surface area (Å²) in [5, 5.41) is 18.6. The molecule has 1 heterocycles. The number of hydrogen-bond donors (Lipinski definition) is 3. The van der Waals surface area contributed by atoms with Crippen LogP contribution in [0.4, 0.5) is 10.7 Å². The molecule has 0 spiro atoms. The van der Waals surface area contributed by atoms with E-state index in [1.54, 1.807) is 6.07 Å². The first kappa shape index (κ1) is 16.0. The molecule has 0 atom stereocenters. The molecule has 2 aromatic carbocycles. The van der Waals surface area contributed by atoms with Gasteiger partial charge in [0.15, 0.2) is 15.7 Å². The van der Waals surface area contributed by atoms with Gasteiger partial charge >= 0.3 is 0 Å². The number of phenols is 1. The van der Waals surface area contributed by atoms with Crippen molar-refractivity contribution in [2.75, 3.05) is 0 Å². The number of thiol groups is 1. The van der Waals surface area contributed by atoms with Crippen LogP contribution in [0.25, 0.3) is 10.9 Å². The third-order valence-corrected chi connectivity index (χ3v) is 4.62. The van der Waals surface area contributed by atoms with Gasteiger partial charge in [-0.25, -0.2) is 8.42 Å². The molecule has 0 aliphatic carbocycles. The van der Waals surface area contributed by atoms with E-state index in [2.05, 4.69) is 14.6 Å². The van der Waals surface area contributed by atoms with Crippen LogP contribution in [0.5, 0.6) is 5.75 Å². The molecule has 0 aliphatic heterocycles. The summed E-state index contributed by atoms with van der Waals surface area (Å²) in [5.74, 6) is -1.02. The van der Waals surface area contributed by atoms with E-state index in [1.807, 2.05) is 0 Å². The third-order valence-electron chi connectivity index (χ3n) is 3.15. The number of aromatic hydroxyl groups is 1. The number of benzene rings is 2. The topological polar surface area (TPSA) is 135 Å². The summed E-state index contributed by atoms with van der Waals surface area (Å²) in [4.78, 5) is 11.4. The standard InChI is InChI=1S/C14H10N4O4S2/c15-13(20)10-5-7(1-4-12(10)19)16-17-14-9-6-8(24(21)22)2-3-11(9)18-23-14/h1-6,19,24H,(H2,15,20)/b17-16+. The Labute approximate surface area is 141 Å². The molecule has 122 valence electrons. The molecule has 1 aromatic heterocycles. The maximum Gasteiger partial charge on any atom is 0.252 e. The van der Waals surface area contributed by atoms with E-state index in [9.17, 15) is 18.3 Å². The summed E-state index contributed by atoms with van der Waals surface area (Å²) in [6.07, 6.45) is 0. The highest BCUT2D eigenvalue weighted by Crippen LogP contribution is 2.33. The Balaban J connectivity index is 2.00. The Morgan fingerprint density at radius 2 is 1.96 bits per heavy atom. The highest BCUT2D eigenvalue weighted by atomic mass is 32.2. The molecule has 8 nitrogen and oxygen atoms in total. The molecule has 24 heavy (non-hydrogen) atoms. The zero-order valence-corrected chi connectivity index (χ0v) is 13.6. The Kier molecular flexibility index (Phi) is 4.23. The van der Waals surface area contributed by atoms with Crippen LogP contribution in [-0.2, 0) is 10.7 Å². The third kappa shape index (κ3) is 3.09. The van der Waals surface area contributed by atoms with E-state index in [0.29, 0.717) is 21.6 Å². The molecule has 3 N–H and O–H groups in total. The number of azo groups is 1. The smallest absolute Gasteiger partial charge is 0.252 e. The Bertz CT molecular complexity index is 1050. The van der Waals surface area contributed by atoms with Gasteiger partial charge in [-0.1, -0.05) is 0 Å². The minimum atomic E-state index is -2.71. The molecule has 0 aliphatic rings. The fourth-order valence-electron chi connectivity index (χ4n) is 1.99. The van der Waals surface area contributed by atoms with Gasteiger partial charge in [0.2, 0.25) is 0 Å². The van der Waals surface area contributed by atoms with Crippen LogP contribution in [0.1, 0.15) is 10.4 Å². The first-order chi connectivity index (χ1) is 11.5.